The van der Waals surface area contributed by atoms with Gasteiger partial charge < -0.3 is 10.6 Å². The first-order valence-corrected chi connectivity index (χ1v) is 6.52. The van der Waals surface area contributed by atoms with Gasteiger partial charge in [0.25, 0.3) is 0 Å². The van der Waals surface area contributed by atoms with Crippen molar-refractivity contribution in [3.8, 4) is 0 Å². The number of nitrogens with two attached hydrogens (primary N) is 1. The Morgan fingerprint density at radius 1 is 1.50 bits per heavy atom. The molecule has 2 unspecified atom stereocenters. The minimum Gasteiger partial charge on any atom is -0.340 e. The van der Waals surface area contributed by atoms with Crippen LogP contribution in [0.15, 0.2) is 12.7 Å². The molecule has 6 heteroatoms. The average Bonchev–Trinajstić information content (AvgIpc) is 2.89. The van der Waals surface area contributed by atoms with Crippen molar-refractivity contribution in [1.82, 2.24) is 19.7 Å². The van der Waals surface area contributed by atoms with Gasteiger partial charge in [-0.05, 0) is 32.2 Å². The molecule has 0 radical (unpaired) electrons. The number of carbonyl (C=O) groups excluding carboxylic acids is 1. The van der Waals surface area contributed by atoms with E-state index >= 15 is 0 Å². The maximum Gasteiger partial charge on any atom is 0.224 e. The molecule has 1 aromatic rings. The van der Waals surface area contributed by atoms with Gasteiger partial charge in [0, 0.05) is 19.0 Å². The lowest BCUT2D eigenvalue weighted by Gasteiger charge is -2.37. The normalized spacial score (nSPS) is 24.2. The highest BCUT2D eigenvalue weighted by Gasteiger charge is 2.27. The fourth-order valence-corrected chi connectivity index (χ4v) is 2.42. The van der Waals surface area contributed by atoms with E-state index in [1.165, 1.54) is 6.33 Å². The molecule has 1 aromatic heterocycles. The Morgan fingerprint density at radius 2 is 2.33 bits per heavy atom. The van der Waals surface area contributed by atoms with E-state index in [-0.39, 0.29) is 5.91 Å². The van der Waals surface area contributed by atoms with Gasteiger partial charge in [-0.15, -0.1) is 0 Å². The number of aromatic nitrogens is 3. The van der Waals surface area contributed by atoms with Crippen molar-refractivity contribution in [2.45, 2.75) is 38.8 Å². The number of hydrogen-bond acceptors (Lipinski definition) is 4. The summed E-state index contributed by atoms with van der Waals surface area (Å²) in [6, 6.07) is 0.330. The van der Waals surface area contributed by atoms with E-state index in [1.54, 1.807) is 11.0 Å². The molecule has 2 rings (SSSR count). The molecule has 0 aliphatic carbocycles. The van der Waals surface area contributed by atoms with Crippen LogP contribution in [0, 0.1) is 5.92 Å². The molecular formula is C12H21N5O. The minimum atomic E-state index is 0.191. The van der Waals surface area contributed by atoms with Crippen LogP contribution in [0.2, 0.25) is 0 Å². The molecule has 1 amide bonds. The van der Waals surface area contributed by atoms with Crippen LogP contribution in [0.5, 0.6) is 0 Å². The van der Waals surface area contributed by atoms with E-state index < -0.39 is 0 Å². The number of nitrogens with zero attached hydrogens (tertiary/aromatic N) is 4. The Kier molecular flexibility index (Phi) is 4.30. The first kappa shape index (κ1) is 13.0. The predicted octanol–water partition coefficient (Wildman–Crippen LogP) is 0.254. The van der Waals surface area contributed by atoms with Crippen LogP contribution in [0.1, 0.15) is 26.2 Å². The third-order valence-corrected chi connectivity index (χ3v) is 3.65. The molecule has 2 heterocycles. The van der Waals surface area contributed by atoms with Crippen LogP contribution in [0.3, 0.4) is 0 Å². The van der Waals surface area contributed by atoms with Crippen molar-refractivity contribution < 1.29 is 4.79 Å². The molecule has 1 aliphatic heterocycles. The lowest BCUT2D eigenvalue weighted by Crippen LogP contribution is -2.47. The molecule has 0 aromatic carbocycles. The first-order chi connectivity index (χ1) is 8.70. The van der Waals surface area contributed by atoms with Crippen LogP contribution < -0.4 is 5.73 Å². The third-order valence-electron chi connectivity index (χ3n) is 3.65. The zero-order chi connectivity index (χ0) is 13.0. The monoisotopic (exact) mass is 251 g/mol. The maximum atomic E-state index is 12.2. The molecule has 1 fully saturated rings. The van der Waals surface area contributed by atoms with Gasteiger partial charge in [0.15, 0.2) is 0 Å². The molecule has 1 saturated heterocycles. The molecule has 2 N–H and O–H groups in total. The summed E-state index contributed by atoms with van der Waals surface area (Å²) < 4.78 is 1.69. The minimum absolute atomic E-state index is 0.191. The van der Waals surface area contributed by atoms with Crippen LogP contribution in [-0.4, -0.2) is 44.7 Å². The number of aryl methyl sites for hydroxylation is 1. The van der Waals surface area contributed by atoms with Crippen LogP contribution in [-0.2, 0) is 11.3 Å². The van der Waals surface area contributed by atoms with Gasteiger partial charge in [0.1, 0.15) is 12.7 Å². The largest absolute Gasteiger partial charge is 0.340 e. The topological polar surface area (TPSA) is 77.0 Å². The molecule has 0 bridgehead atoms. The average molecular weight is 251 g/mol. The molecule has 6 nitrogen and oxygen atoms in total. The van der Waals surface area contributed by atoms with Crippen LogP contribution in [0.4, 0.5) is 0 Å². The lowest BCUT2D eigenvalue weighted by atomic mass is 9.93. The summed E-state index contributed by atoms with van der Waals surface area (Å²) in [6.45, 7) is 4.17. The molecule has 0 spiro atoms. The standard InChI is InChI=1S/C12H21N5O/c1-10-2-3-11(6-13)7-17(10)12(18)4-5-16-9-14-8-15-16/h8-11H,2-7,13H2,1H3. The SMILES string of the molecule is CC1CCC(CN)CN1C(=O)CCn1cncn1. The fraction of sp³-hybridized carbons (Fsp3) is 0.750. The predicted molar refractivity (Wildman–Crippen MR) is 67.6 cm³/mol. The fourth-order valence-electron chi connectivity index (χ4n) is 2.42. The molecule has 18 heavy (non-hydrogen) atoms. The van der Waals surface area contributed by atoms with Crippen molar-refractivity contribution in [3.63, 3.8) is 0 Å². The van der Waals surface area contributed by atoms with Crippen molar-refractivity contribution in [1.29, 1.82) is 0 Å². The van der Waals surface area contributed by atoms with E-state index in [0.29, 0.717) is 31.5 Å². The second-order valence-electron chi connectivity index (χ2n) is 4.98. The number of likely N-dealkylation sites (tertiary alicyclic amines) is 1. The van der Waals surface area contributed by atoms with Gasteiger partial charge in [-0.3, -0.25) is 9.48 Å². The zero-order valence-electron chi connectivity index (χ0n) is 10.8. The summed E-state index contributed by atoms with van der Waals surface area (Å²) in [7, 11) is 0. The lowest BCUT2D eigenvalue weighted by molar-refractivity contribution is -0.135. The van der Waals surface area contributed by atoms with Gasteiger partial charge in [-0.25, -0.2) is 4.98 Å². The van der Waals surface area contributed by atoms with Crippen LogP contribution >= 0.6 is 0 Å². The van der Waals surface area contributed by atoms with E-state index in [2.05, 4.69) is 17.0 Å². The third kappa shape index (κ3) is 3.07. The van der Waals surface area contributed by atoms with Gasteiger partial charge in [-0.1, -0.05) is 0 Å². The van der Waals surface area contributed by atoms with Crippen molar-refractivity contribution in [2.75, 3.05) is 13.1 Å². The smallest absolute Gasteiger partial charge is 0.224 e. The molecule has 2 atom stereocenters. The Balaban J connectivity index is 1.86. The second-order valence-corrected chi connectivity index (χ2v) is 4.98. The zero-order valence-corrected chi connectivity index (χ0v) is 10.8. The van der Waals surface area contributed by atoms with Gasteiger partial charge in [0.05, 0.1) is 6.54 Å². The summed E-state index contributed by atoms with van der Waals surface area (Å²) in [5, 5.41) is 4.00. The molecule has 1 aliphatic rings. The molecule has 100 valence electrons. The summed E-state index contributed by atoms with van der Waals surface area (Å²) in [4.78, 5) is 18.0. The van der Waals surface area contributed by atoms with Crippen molar-refractivity contribution >= 4 is 5.91 Å². The van der Waals surface area contributed by atoms with Crippen LogP contribution in [0.25, 0.3) is 0 Å². The number of carbonyl (C=O) groups is 1. The summed E-state index contributed by atoms with van der Waals surface area (Å²) >= 11 is 0. The van der Waals surface area contributed by atoms with Crippen molar-refractivity contribution in [3.05, 3.63) is 12.7 Å². The Hall–Kier alpha value is -1.43. The summed E-state index contributed by atoms with van der Waals surface area (Å²) in [5.74, 6) is 0.646. The molecular weight excluding hydrogens is 230 g/mol. The van der Waals surface area contributed by atoms with E-state index in [9.17, 15) is 4.79 Å². The summed E-state index contributed by atoms with van der Waals surface area (Å²) in [5.41, 5.74) is 5.70. The Labute approximate surface area is 107 Å². The highest BCUT2D eigenvalue weighted by Crippen LogP contribution is 2.21. The number of rotatable bonds is 4. The number of amides is 1. The Morgan fingerprint density at radius 3 is 3.00 bits per heavy atom. The number of hydrogen-bond donors (Lipinski definition) is 1. The van der Waals surface area contributed by atoms with E-state index in [0.717, 1.165) is 19.4 Å². The summed E-state index contributed by atoms with van der Waals surface area (Å²) in [6.07, 6.45) is 5.78. The van der Waals surface area contributed by atoms with E-state index in [4.69, 9.17) is 5.73 Å². The van der Waals surface area contributed by atoms with E-state index in [1.807, 2.05) is 4.90 Å². The van der Waals surface area contributed by atoms with Gasteiger partial charge >= 0.3 is 0 Å². The second kappa shape index (κ2) is 5.95. The highest BCUT2D eigenvalue weighted by atomic mass is 16.2. The number of piperidine rings is 1. The van der Waals surface area contributed by atoms with Gasteiger partial charge in [-0.2, -0.15) is 5.10 Å². The van der Waals surface area contributed by atoms with Gasteiger partial charge in [0.2, 0.25) is 5.91 Å². The molecule has 0 saturated carbocycles. The maximum absolute atomic E-state index is 12.2. The highest BCUT2D eigenvalue weighted by molar-refractivity contribution is 5.76. The first-order valence-electron chi connectivity index (χ1n) is 6.52. The quantitative estimate of drug-likeness (QED) is 0.832. The Bertz CT molecular complexity index is 378. The van der Waals surface area contributed by atoms with Crippen molar-refractivity contribution in [2.24, 2.45) is 11.7 Å².